The molecule has 0 bridgehead atoms. The molecule has 114 valence electrons. The zero-order valence-corrected chi connectivity index (χ0v) is 12.1. The predicted octanol–water partition coefficient (Wildman–Crippen LogP) is -0.158. The Morgan fingerprint density at radius 3 is 2.48 bits per heavy atom. The molecule has 0 saturated carbocycles. The third-order valence-electron chi connectivity index (χ3n) is 3.25. The van der Waals surface area contributed by atoms with E-state index >= 15 is 0 Å². The molecule has 21 heavy (non-hydrogen) atoms. The van der Waals surface area contributed by atoms with Gasteiger partial charge in [0.15, 0.2) is 0 Å². The molecule has 1 aliphatic rings. The van der Waals surface area contributed by atoms with E-state index in [0.29, 0.717) is 37.8 Å². The number of urea groups is 1. The number of anilines is 1. The molecule has 2 N–H and O–H groups in total. The van der Waals surface area contributed by atoms with E-state index in [-0.39, 0.29) is 11.9 Å². The van der Waals surface area contributed by atoms with E-state index in [1.165, 1.54) is 6.92 Å². The molecular weight excluding hydrogens is 274 g/mol. The van der Waals surface area contributed by atoms with E-state index in [4.69, 9.17) is 0 Å². The first-order valence-corrected chi connectivity index (χ1v) is 6.80. The van der Waals surface area contributed by atoms with Gasteiger partial charge in [-0.2, -0.15) is 0 Å². The summed E-state index contributed by atoms with van der Waals surface area (Å²) in [7, 11) is 0. The molecule has 0 spiro atoms. The Bertz CT molecular complexity index is 526. The maximum Gasteiger partial charge on any atom is 0.323 e. The van der Waals surface area contributed by atoms with Crippen molar-refractivity contribution < 1.29 is 14.7 Å². The summed E-state index contributed by atoms with van der Waals surface area (Å²) in [4.78, 5) is 35.0. The van der Waals surface area contributed by atoms with Crippen LogP contribution in [0.4, 0.5) is 10.6 Å². The van der Waals surface area contributed by atoms with E-state index in [0.717, 1.165) is 0 Å². The second-order valence-electron chi connectivity index (χ2n) is 4.91. The van der Waals surface area contributed by atoms with Gasteiger partial charge in [0.2, 0.25) is 0 Å². The lowest BCUT2D eigenvalue weighted by Crippen LogP contribution is -2.53. The maximum absolute atomic E-state index is 12.1. The van der Waals surface area contributed by atoms with Crippen LogP contribution in [0.3, 0.4) is 0 Å². The fourth-order valence-electron chi connectivity index (χ4n) is 2.11. The van der Waals surface area contributed by atoms with Gasteiger partial charge in [-0.15, -0.1) is 0 Å². The highest BCUT2D eigenvalue weighted by molar-refractivity contribution is 5.88. The highest BCUT2D eigenvalue weighted by Gasteiger charge is 2.26. The van der Waals surface area contributed by atoms with Crippen LogP contribution < -0.4 is 5.32 Å². The first-order valence-electron chi connectivity index (χ1n) is 6.80. The Morgan fingerprint density at radius 2 is 1.90 bits per heavy atom. The molecule has 0 radical (unpaired) electrons. The molecule has 3 amide bonds. The Morgan fingerprint density at radius 1 is 1.29 bits per heavy atom. The zero-order valence-electron chi connectivity index (χ0n) is 12.1. The van der Waals surface area contributed by atoms with Crippen molar-refractivity contribution in [1.29, 1.82) is 0 Å². The normalized spacial score (nSPS) is 16.5. The van der Waals surface area contributed by atoms with Crippen LogP contribution in [-0.2, 0) is 4.79 Å². The standard InChI is InChI=1S/C13H19N5O3/c1-9(19)12(20)17-5-7-18(8-6-17)13(21)16-11-3-4-14-10(2)15-11/h3-4,9,19H,5-8H2,1-2H3,(H,14,15,16,21). The highest BCUT2D eigenvalue weighted by atomic mass is 16.3. The number of hydrogen-bond acceptors (Lipinski definition) is 5. The first kappa shape index (κ1) is 15.2. The molecule has 1 aromatic heterocycles. The SMILES string of the molecule is Cc1nccc(NC(=O)N2CCN(C(=O)C(C)O)CC2)n1. The number of aliphatic hydroxyl groups excluding tert-OH is 1. The van der Waals surface area contributed by atoms with Crippen LogP contribution >= 0.6 is 0 Å². The van der Waals surface area contributed by atoms with Crippen LogP contribution in [0.2, 0.25) is 0 Å². The third kappa shape index (κ3) is 3.88. The second kappa shape index (κ2) is 6.49. The van der Waals surface area contributed by atoms with Crippen LogP contribution in [0.1, 0.15) is 12.7 Å². The van der Waals surface area contributed by atoms with E-state index in [1.54, 1.807) is 29.0 Å². The molecule has 0 aliphatic carbocycles. The number of aliphatic hydroxyl groups is 1. The average molecular weight is 293 g/mol. The summed E-state index contributed by atoms with van der Waals surface area (Å²) >= 11 is 0. The van der Waals surface area contributed by atoms with Gasteiger partial charge in [-0.25, -0.2) is 14.8 Å². The topological polar surface area (TPSA) is 98.7 Å². The molecule has 2 heterocycles. The molecule has 2 rings (SSSR count). The lowest BCUT2D eigenvalue weighted by molar-refractivity contribution is -0.140. The van der Waals surface area contributed by atoms with Crippen molar-refractivity contribution in [1.82, 2.24) is 19.8 Å². The minimum atomic E-state index is -1.01. The van der Waals surface area contributed by atoms with Gasteiger partial charge in [0, 0.05) is 32.4 Å². The molecule has 1 unspecified atom stereocenters. The molecular formula is C13H19N5O3. The summed E-state index contributed by atoms with van der Waals surface area (Å²) in [5.74, 6) is 0.733. The fraction of sp³-hybridized carbons (Fsp3) is 0.538. The summed E-state index contributed by atoms with van der Waals surface area (Å²) in [6.45, 7) is 4.87. The van der Waals surface area contributed by atoms with E-state index < -0.39 is 6.10 Å². The van der Waals surface area contributed by atoms with Gasteiger partial charge < -0.3 is 14.9 Å². The molecule has 0 aromatic carbocycles. The lowest BCUT2D eigenvalue weighted by atomic mass is 10.2. The Hall–Kier alpha value is -2.22. The molecule has 8 heteroatoms. The largest absolute Gasteiger partial charge is 0.384 e. The van der Waals surface area contributed by atoms with Gasteiger partial charge in [0.1, 0.15) is 17.7 Å². The monoisotopic (exact) mass is 293 g/mol. The van der Waals surface area contributed by atoms with Crippen LogP contribution in [0, 0.1) is 6.92 Å². The minimum absolute atomic E-state index is 0.253. The molecule has 1 aromatic rings. The van der Waals surface area contributed by atoms with Gasteiger partial charge in [0.25, 0.3) is 5.91 Å². The van der Waals surface area contributed by atoms with Crippen molar-refractivity contribution in [2.45, 2.75) is 20.0 Å². The third-order valence-corrected chi connectivity index (χ3v) is 3.25. The van der Waals surface area contributed by atoms with Gasteiger partial charge in [-0.1, -0.05) is 0 Å². The van der Waals surface area contributed by atoms with Crippen molar-refractivity contribution in [2.75, 3.05) is 31.5 Å². The predicted molar refractivity (Wildman–Crippen MR) is 75.6 cm³/mol. The number of carbonyl (C=O) groups excluding carboxylic acids is 2. The van der Waals surface area contributed by atoms with Gasteiger partial charge in [0.05, 0.1) is 0 Å². The molecule has 1 fully saturated rings. The van der Waals surface area contributed by atoms with Crippen molar-refractivity contribution in [3.8, 4) is 0 Å². The Balaban J connectivity index is 1.87. The number of carbonyl (C=O) groups is 2. The van der Waals surface area contributed by atoms with Crippen LogP contribution in [0.15, 0.2) is 12.3 Å². The van der Waals surface area contributed by atoms with Crippen molar-refractivity contribution in [3.63, 3.8) is 0 Å². The Kier molecular flexibility index (Phi) is 4.69. The number of rotatable bonds is 2. The van der Waals surface area contributed by atoms with Gasteiger partial charge in [-0.05, 0) is 19.9 Å². The zero-order chi connectivity index (χ0) is 15.4. The number of hydrogen-bond donors (Lipinski definition) is 2. The number of nitrogens with zero attached hydrogens (tertiary/aromatic N) is 4. The minimum Gasteiger partial charge on any atom is -0.384 e. The van der Waals surface area contributed by atoms with Crippen LogP contribution in [0.25, 0.3) is 0 Å². The molecule has 1 atom stereocenters. The fourth-order valence-corrected chi connectivity index (χ4v) is 2.11. The summed E-state index contributed by atoms with van der Waals surface area (Å²) < 4.78 is 0. The van der Waals surface area contributed by atoms with E-state index in [9.17, 15) is 14.7 Å². The number of nitrogens with one attached hydrogen (secondary N) is 1. The summed E-state index contributed by atoms with van der Waals surface area (Å²) in [5.41, 5.74) is 0. The highest BCUT2D eigenvalue weighted by Crippen LogP contribution is 2.08. The van der Waals surface area contributed by atoms with Gasteiger partial charge >= 0.3 is 6.03 Å². The van der Waals surface area contributed by atoms with E-state index in [1.807, 2.05) is 0 Å². The Labute approximate surface area is 122 Å². The van der Waals surface area contributed by atoms with Crippen molar-refractivity contribution in [2.24, 2.45) is 0 Å². The summed E-state index contributed by atoms with van der Waals surface area (Å²) in [6.07, 6.45) is 0.575. The quantitative estimate of drug-likeness (QED) is 0.789. The molecule has 1 aliphatic heterocycles. The first-order chi connectivity index (χ1) is 9.97. The van der Waals surface area contributed by atoms with Crippen molar-refractivity contribution in [3.05, 3.63) is 18.1 Å². The smallest absolute Gasteiger partial charge is 0.323 e. The lowest BCUT2D eigenvalue weighted by Gasteiger charge is -2.35. The second-order valence-corrected chi connectivity index (χ2v) is 4.91. The summed E-state index contributed by atoms with van der Waals surface area (Å²) in [5, 5.41) is 12.0. The number of aromatic nitrogens is 2. The van der Waals surface area contributed by atoms with Crippen LogP contribution in [-0.4, -0.2) is 69.1 Å². The number of piperazine rings is 1. The summed E-state index contributed by atoms with van der Waals surface area (Å²) in [6, 6.07) is 1.37. The van der Waals surface area contributed by atoms with Gasteiger partial charge in [-0.3, -0.25) is 10.1 Å². The van der Waals surface area contributed by atoms with E-state index in [2.05, 4.69) is 15.3 Å². The number of aryl methyl sites for hydroxylation is 1. The molecule has 1 saturated heterocycles. The van der Waals surface area contributed by atoms with Crippen LogP contribution in [0.5, 0.6) is 0 Å². The average Bonchev–Trinajstić information content (AvgIpc) is 2.46. The van der Waals surface area contributed by atoms with Crippen molar-refractivity contribution >= 4 is 17.8 Å². The number of amides is 3. The maximum atomic E-state index is 12.1. The molecule has 8 nitrogen and oxygen atoms in total.